The van der Waals surface area contributed by atoms with Gasteiger partial charge in [0, 0.05) is 17.1 Å². The minimum absolute atomic E-state index is 0.00588. The number of aryl methyl sites for hydroxylation is 2. The van der Waals surface area contributed by atoms with Crippen LogP contribution in [0, 0.1) is 13.8 Å². The Kier molecular flexibility index (Phi) is 7.49. The van der Waals surface area contributed by atoms with Gasteiger partial charge in [-0.2, -0.15) is 0 Å². The Morgan fingerprint density at radius 3 is 2.09 bits per heavy atom. The number of anilines is 2. The fraction of sp³-hybridized carbons (Fsp3) is 0.261. The summed E-state index contributed by atoms with van der Waals surface area (Å²) in [7, 11) is -2.31. The Balaban J connectivity index is 1.66. The molecule has 2 N–H and O–H groups in total. The summed E-state index contributed by atoms with van der Waals surface area (Å²) in [5.74, 6) is 0.893. The topological polar surface area (TPSA) is 120 Å². The van der Waals surface area contributed by atoms with Gasteiger partial charge in [-0.05, 0) is 74.9 Å². The van der Waals surface area contributed by atoms with Crippen LogP contribution in [-0.2, 0) is 14.8 Å². The number of hydrogen-bond acceptors (Lipinski definition) is 7. The van der Waals surface area contributed by atoms with Gasteiger partial charge in [0.25, 0.3) is 15.9 Å². The van der Waals surface area contributed by atoms with Gasteiger partial charge in [0.1, 0.15) is 11.5 Å². The third kappa shape index (κ3) is 6.42. The van der Waals surface area contributed by atoms with Crippen LogP contribution in [0.5, 0.6) is 11.5 Å². The lowest BCUT2D eigenvalue weighted by Crippen LogP contribution is -2.32. The molecule has 0 saturated heterocycles. The molecule has 0 unspecified atom stereocenters. The highest BCUT2D eigenvalue weighted by atomic mass is 32.2. The number of carbonyl (C=O) groups excluding carboxylic acids is 1. The maximum Gasteiger partial charge on any atom is 0.265 e. The molecule has 1 aromatic heterocycles. The summed E-state index contributed by atoms with van der Waals surface area (Å²) in [5.41, 5.74) is 1.75. The molecule has 0 spiro atoms. The molecule has 0 aliphatic rings. The highest BCUT2D eigenvalue weighted by Crippen LogP contribution is 2.21. The van der Waals surface area contributed by atoms with Crippen LogP contribution in [0.15, 0.2) is 59.5 Å². The van der Waals surface area contributed by atoms with E-state index >= 15 is 0 Å². The molecule has 3 rings (SSSR count). The highest BCUT2D eigenvalue weighted by Gasteiger charge is 2.20. The molecule has 1 heterocycles. The van der Waals surface area contributed by atoms with Gasteiger partial charge in [-0.1, -0.05) is 6.92 Å². The SMILES string of the molecule is CC[C@H](Oc1ccc(OC)cc1)C(=O)Nc1ccc(S(=O)(=O)Nc2nc(C)cc(C)n2)cc1. The lowest BCUT2D eigenvalue weighted by molar-refractivity contribution is -0.122. The van der Waals surface area contributed by atoms with Gasteiger partial charge in [-0.25, -0.2) is 23.1 Å². The number of sulfonamides is 1. The van der Waals surface area contributed by atoms with Gasteiger partial charge in [0.2, 0.25) is 5.95 Å². The monoisotopic (exact) mass is 470 g/mol. The largest absolute Gasteiger partial charge is 0.497 e. The third-order valence-electron chi connectivity index (χ3n) is 4.64. The summed E-state index contributed by atoms with van der Waals surface area (Å²) in [6.07, 6.45) is -0.269. The summed E-state index contributed by atoms with van der Waals surface area (Å²) < 4.78 is 38.6. The molecular weight excluding hydrogens is 444 g/mol. The third-order valence-corrected chi connectivity index (χ3v) is 5.99. The van der Waals surface area contributed by atoms with Gasteiger partial charge in [0.15, 0.2) is 6.10 Å². The molecule has 0 saturated carbocycles. The number of hydrogen-bond donors (Lipinski definition) is 2. The number of amides is 1. The number of nitrogens with zero attached hydrogens (tertiary/aromatic N) is 2. The Morgan fingerprint density at radius 1 is 0.970 bits per heavy atom. The fourth-order valence-electron chi connectivity index (χ4n) is 3.03. The molecule has 1 atom stereocenters. The van der Waals surface area contributed by atoms with E-state index in [4.69, 9.17) is 9.47 Å². The van der Waals surface area contributed by atoms with Crippen molar-refractivity contribution in [3.63, 3.8) is 0 Å². The maximum absolute atomic E-state index is 12.7. The summed E-state index contributed by atoms with van der Waals surface area (Å²) in [4.78, 5) is 20.9. The number of carbonyl (C=O) groups is 1. The number of ether oxygens (including phenoxy) is 2. The minimum atomic E-state index is -3.88. The first kappa shape index (κ1) is 24.0. The zero-order valence-electron chi connectivity index (χ0n) is 18.8. The van der Waals surface area contributed by atoms with Crippen molar-refractivity contribution in [2.45, 2.75) is 38.2 Å². The van der Waals surface area contributed by atoms with E-state index in [0.29, 0.717) is 35.0 Å². The van der Waals surface area contributed by atoms with Gasteiger partial charge in [-0.3, -0.25) is 4.79 Å². The molecule has 3 aromatic rings. The number of methoxy groups -OCH3 is 1. The number of aromatic nitrogens is 2. The average Bonchev–Trinajstić information content (AvgIpc) is 2.77. The van der Waals surface area contributed by atoms with Crippen molar-refractivity contribution in [1.82, 2.24) is 9.97 Å². The highest BCUT2D eigenvalue weighted by molar-refractivity contribution is 7.92. The van der Waals surface area contributed by atoms with E-state index in [9.17, 15) is 13.2 Å². The number of nitrogens with one attached hydrogen (secondary N) is 2. The second-order valence-electron chi connectivity index (χ2n) is 7.28. The van der Waals surface area contributed by atoms with Gasteiger partial charge in [0.05, 0.1) is 12.0 Å². The first-order valence-corrected chi connectivity index (χ1v) is 11.7. The van der Waals surface area contributed by atoms with Crippen molar-refractivity contribution in [2.75, 3.05) is 17.1 Å². The van der Waals surface area contributed by atoms with Crippen LogP contribution in [0.1, 0.15) is 24.7 Å². The van der Waals surface area contributed by atoms with E-state index < -0.39 is 16.1 Å². The van der Waals surface area contributed by atoms with Crippen LogP contribution in [0.2, 0.25) is 0 Å². The molecule has 10 heteroatoms. The summed E-state index contributed by atoms with van der Waals surface area (Å²) >= 11 is 0. The molecule has 174 valence electrons. The van der Waals surface area contributed by atoms with Crippen LogP contribution in [0.3, 0.4) is 0 Å². The Hall–Kier alpha value is -3.66. The van der Waals surface area contributed by atoms with Crippen LogP contribution in [0.4, 0.5) is 11.6 Å². The first-order chi connectivity index (χ1) is 15.7. The predicted octanol–water partition coefficient (Wildman–Crippen LogP) is 3.70. The van der Waals surface area contributed by atoms with Crippen molar-refractivity contribution < 1.29 is 22.7 Å². The molecule has 33 heavy (non-hydrogen) atoms. The zero-order valence-corrected chi connectivity index (χ0v) is 19.6. The molecule has 0 radical (unpaired) electrons. The molecule has 2 aromatic carbocycles. The second-order valence-corrected chi connectivity index (χ2v) is 8.97. The lowest BCUT2D eigenvalue weighted by atomic mass is 10.2. The van der Waals surface area contributed by atoms with E-state index in [0.717, 1.165) is 0 Å². The molecule has 0 fully saturated rings. The lowest BCUT2D eigenvalue weighted by Gasteiger charge is -2.17. The maximum atomic E-state index is 12.7. The Morgan fingerprint density at radius 2 is 1.55 bits per heavy atom. The van der Waals surface area contributed by atoms with E-state index in [1.54, 1.807) is 51.3 Å². The summed E-state index contributed by atoms with van der Waals surface area (Å²) in [6, 6.07) is 14.5. The molecule has 0 aliphatic carbocycles. The zero-order chi connectivity index (χ0) is 24.0. The quantitative estimate of drug-likeness (QED) is 0.489. The molecule has 9 nitrogen and oxygen atoms in total. The second kappa shape index (κ2) is 10.3. The van der Waals surface area contributed by atoms with Gasteiger partial charge < -0.3 is 14.8 Å². The number of rotatable bonds is 9. The fourth-order valence-corrected chi connectivity index (χ4v) is 3.98. The smallest absolute Gasteiger partial charge is 0.265 e. The van der Waals surface area contributed by atoms with Crippen LogP contribution < -0.4 is 19.5 Å². The normalized spacial score (nSPS) is 12.0. The van der Waals surface area contributed by atoms with E-state index in [-0.39, 0.29) is 16.8 Å². The van der Waals surface area contributed by atoms with Crippen molar-refractivity contribution in [1.29, 1.82) is 0 Å². The minimum Gasteiger partial charge on any atom is -0.497 e. The standard InChI is InChI=1S/C23H26N4O5S/c1-5-21(32-19-10-8-18(31-4)9-11-19)22(28)26-17-6-12-20(13-7-17)33(29,30)27-23-24-15(2)14-16(3)25-23/h6-14,21H,5H2,1-4H3,(H,26,28)(H,24,25,27)/t21-/m0/s1. The first-order valence-electron chi connectivity index (χ1n) is 10.3. The van der Waals surface area contributed by atoms with Crippen LogP contribution >= 0.6 is 0 Å². The van der Waals surface area contributed by atoms with Gasteiger partial charge >= 0.3 is 0 Å². The van der Waals surface area contributed by atoms with Crippen molar-refractivity contribution in [3.05, 3.63) is 66.0 Å². The van der Waals surface area contributed by atoms with E-state index in [1.165, 1.54) is 24.3 Å². The Labute approximate surface area is 193 Å². The predicted molar refractivity (Wildman–Crippen MR) is 125 cm³/mol. The molecule has 1 amide bonds. The van der Waals surface area contributed by atoms with E-state index in [1.807, 2.05) is 6.92 Å². The van der Waals surface area contributed by atoms with Crippen molar-refractivity contribution in [2.24, 2.45) is 0 Å². The Bertz CT molecular complexity index is 1190. The van der Waals surface area contributed by atoms with Gasteiger partial charge in [-0.15, -0.1) is 0 Å². The molecular formula is C23H26N4O5S. The molecule has 0 aliphatic heterocycles. The van der Waals surface area contributed by atoms with Crippen LogP contribution in [-0.4, -0.2) is 37.5 Å². The van der Waals surface area contributed by atoms with Crippen molar-refractivity contribution in [3.8, 4) is 11.5 Å². The summed E-state index contributed by atoms with van der Waals surface area (Å²) in [5, 5.41) is 2.75. The van der Waals surface area contributed by atoms with Crippen LogP contribution in [0.25, 0.3) is 0 Å². The van der Waals surface area contributed by atoms with Crippen molar-refractivity contribution >= 4 is 27.6 Å². The average molecular weight is 471 g/mol. The molecule has 0 bridgehead atoms. The van der Waals surface area contributed by atoms with E-state index in [2.05, 4.69) is 20.0 Å². The summed E-state index contributed by atoms with van der Waals surface area (Å²) in [6.45, 7) is 5.35. The number of benzene rings is 2.